The average Bonchev–Trinajstić information content (AvgIpc) is 2.68. The van der Waals surface area contributed by atoms with Crippen molar-refractivity contribution in [2.24, 2.45) is 0 Å². The fourth-order valence-electron chi connectivity index (χ4n) is 4.00. The molecule has 1 amide bonds. The summed E-state index contributed by atoms with van der Waals surface area (Å²) in [6.45, 7) is 9.20. The fraction of sp³-hybridized carbons (Fsp3) is 0.522. The van der Waals surface area contributed by atoms with E-state index in [4.69, 9.17) is 0 Å². The number of amides is 1. The van der Waals surface area contributed by atoms with Crippen molar-refractivity contribution in [3.05, 3.63) is 52.3 Å². The summed E-state index contributed by atoms with van der Waals surface area (Å²) in [5, 5.41) is 4.03. The van der Waals surface area contributed by atoms with Crippen LogP contribution in [0.5, 0.6) is 0 Å². The lowest BCUT2D eigenvalue weighted by atomic mass is 10.0. The summed E-state index contributed by atoms with van der Waals surface area (Å²) in [4.78, 5) is 24.0. The van der Waals surface area contributed by atoms with Gasteiger partial charge in [-0.25, -0.2) is 9.97 Å². The minimum Gasteiger partial charge on any atom is -0.353 e. The van der Waals surface area contributed by atoms with Gasteiger partial charge in [0.05, 0.1) is 0 Å². The quantitative estimate of drug-likeness (QED) is 0.553. The summed E-state index contributed by atoms with van der Waals surface area (Å²) in [6.07, 6.45) is 5.20. The second-order valence-corrected chi connectivity index (χ2v) is 8.74. The Morgan fingerprint density at radius 3 is 2.48 bits per heavy atom. The van der Waals surface area contributed by atoms with E-state index in [1.54, 1.807) is 11.8 Å². The van der Waals surface area contributed by atoms with Crippen molar-refractivity contribution in [2.45, 2.75) is 64.2 Å². The summed E-state index contributed by atoms with van der Waals surface area (Å²) in [6, 6.07) is 9.00. The summed E-state index contributed by atoms with van der Waals surface area (Å²) < 4.78 is 0. The first-order chi connectivity index (χ1) is 13.9. The Morgan fingerprint density at radius 1 is 1.17 bits per heavy atom. The standard InChI is InChI=1S/C23H32N4OS/c1-16-6-5-7-19(14-16)15-27-12-10-20(11-13-27)26-22(28)9-8-21-17(2)24-23(29-4)25-18(21)3/h5-7,14,20H,8-13,15H2,1-4H3,(H,26,28). The van der Waals surface area contributed by atoms with Crippen LogP contribution in [0, 0.1) is 20.8 Å². The van der Waals surface area contributed by atoms with Gasteiger partial charge in [0.15, 0.2) is 5.16 Å². The zero-order chi connectivity index (χ0) is 20.8. The molecule has 0 radical (unpaired) electrons. The van der Waals surface area contributed by atoms with E-state index in [1.807, 2.05) is 20.1 Å². The van der Waals surface area contributed by atoms with Crippen molar-refractivity contribution in [1.29, 1.82) is 0 Å². The van der Waals surface area contributed by atoms with Crippen molar-refractivity contribution in [3.8, 4) is 0 Å². The summed E-state index contributed by atoms with van der Waals surface area (Å²) >= 11 is 1.55. The Hall–Kier alpha value is -1.92. The van der Waals surface area contributed by atoms with Crippen molar-refractivity contribution in [1.82, 2.24) is 20.2 Å². The SMILES string of the molecule is CSc1nc(C)c(CCC(=O)NC2CCN(Cc3cccc(C)c3)CC2)c(C)n1. The van der Waals surface area contributed by atoms with E-state index in [9.17, 15) is 4.79 Å². The molecule has 1 aliphatic heterocycles. The number of benzene rings is 1. The predicted octanol–water partition coefficient (Wildman–Crippen LogP) is 3.84. The molecule has 29 heavy (non-hydrogen) atoms. The molecule has 0 atom stereocenters. The number of hydrogen-bond donors (Lipinski definition) is 1. The first-order valence-electron chi connectivity index (χ1n) is 10.4. The second-order valence-electron chi connectivity index (χ2n) is 7.97. The van der Waals surface area contributed by atoms with Gasteiger partial charge in [-0.15, -0.1) is 0 Å². The molecule has 0 saturated carbocycles. The molecule has 5 nitrogen and oxygen atoms in total. The van der Waals surface area contributed by atoms with Crippen LogP contribution in [0.15, 0.2) is 29.4 Å². The molecular weight excluding hydrogens is 380 g/mol. The van der Waals surface area contributed by atoms with Gasteiger partial charge >= 0.3 is 0 Å². The van der Waals surface area contributed by atoms with Crippen molar-refractivity contribution in [2.75, 3.05) is 19.3 Å². The van der Waals surface area contributed by atoms with Crippen molar-refractivity contribution >= 4 is 17.7 Å². The number of thioether (sulfide) groups is 1. The van der Waals surface area contributed by atoms with Crippen molar-refractivity contribution < 1.29 is 4.79 Å². The van der Waals surface area contributed by atoms with Crippen LogP contribution in [0.25, 0.3) is 0 Å². The number of carbonyl (C=O) groups is 1. The zero-order valence-corrected chi connectivity index (χ0v) is 18.8. The summed E-state index contributed by atoms with van der Waals surface area (Å²) in [5.74, 6) is 0.134. The maximum atomic E-state index is 12.5. The molecule has 3 rings (SSSR count). The molecular formula is C23H32N4OS. The molecule has 0 bridgehead atoms. The van der Waals surface area contributed by atoms with Gasteiger partial charge in [0.1, 0.15) is 0 Å². The number of carbonyl (C=O) groups excluding carboxylic acids is 1. The number of likely N-dealkylation sites (tertiary alicyclic amines) is 1. The van der Waals surface area contributed by atoms with E-state index in [1.165, 1.54) is 11.1 Å². The van der Waals surface area contributed by atoms with Crippen LogP contribution in [0.2, 0.25) is 0 Å². The first-order valence-corrected chi connectivity index (χ1v) is 11.6. The minimum atomic E-state index is 0.134. The molecule has 1 saturated heterocycles. The van der Waals surface area contributed by atoms with Gasteiger partial charge in [0.2, 0.25) is 5.91 Å². The largest absolute Gasteiger partial charge is 0.353 e. The van der Waals surface area contributed by atoms with Crippen LogP contribution >= 0.6 is 11.8 Å². The molecule has 1 aliphatic rings. The number of aromatic nitrogens is 2. The van der Waals surface area contributed by atoms with Crippen LogP contribution in [0.3, 0.4) is 0 Å². The van der Waals surface area contributed by atoms with E-state index in [0.717, 1.165) is 54.6 Å². The predicted molar refractivity (Wildman–Crippen MR) is 119 cm³/mol. The van der Waals surface area contributed by atoms with Gasteiger partial charge in [-0.2, -0.15) is 0 Å². The molecule has 0 aliphatic carbocycles. The van der Waals surface area contributed by atoms with Crippen molar-refractivity contribution in [3.63, 3.8) is 0 Å². The van der Waals surface area contributed by atoms with E-state index >= 15 is 0 Å². The molecule has 0 spiro atoms. The second kappa shape index (κ2) is 10.2. The molecule has 156 valence electrons. The topological polar surface area (TPSA) is 58.1 Å². The number of rotatable bonds is 7. The highest BCUT2D eigenvalue weighted by Crippen LogP contribution is 2.18. The monoisotopic (exact) mass is 412 g/mol. The van der Waals surface area contributed by atoms with E-state index in [-0.39, 0.29) is 11.9 Å². The highest BCUT2D eigenvalue weighted by molar-refractivity contribution is 7.98. The lowest BCUT2D eigenvalue weighted by molar-refractivity contribution is -0.122. The third-order valence-corrected chi connectivity index (χ3v) is 6.17. The Bertz CT molecular complexity index is 824. The maximum absolute atomic E-state index is 12.5. The Morgan fingerprint density at radius 2 is 1.86 bits per heavy atom. The number of hydrogen-bond acceptors (Lipinski definition) is 5. The lowest BCUT2D eigenvalue weighted by Gasteiger charge is -2.32. The normalized spacial score (nSPS) is 15.4. The van der Waals surface area contributed by atoms with E-state index in [2.05, 4.69) is 51.4 Å². The first kappa shape index (κ1) is 21.8. The molecule has 1 N–H and O–H groups in total. The van der Waals surface area contributed by atoms with Gasteiger partial charge in [0.25, 0.3) is 0 Å². The molecule has 6 heteroatoms. The van der Waals surface area contributed by atoms with Crippen LogP contribution in [-0.4, -0.2) is 46.2 Å². The number of nitrogens with zero attached hydrogens (tertiary/aromatic N) is 3. The van der Waals surface area contributed by atoms with Gasteiger partial charge in [-0.3, -0.25) is 9.69 Å². The van der Waals surface area contributed by atoms with Crippen LogP contribution in [-0.2, 0) is 17.8 Å². The number of piperidine rings is 1. The minimum absolute atomic E-state index is 0.134. The molecule has 2 aromatic rings. The van der Waals surface area contributed by atoms with Crippen LogP contribution in [0.4, 0.5) is 0 Å². The van der Waals surface area contributed by atoms with Crippen LogP contribution < -0.4 is 5.32 Å². The maximum Gasteiger partial charge on any atom is 0.220 e. The Labute approximate surface area is 178 Å². The van der Waals surface area contributed by atoms with Gasteiger partial charge < -0.3 is 5.32 Å². The smallest absolute Gasteiger partial charge is 0.220 e. The molecule has 1 aromatic heterocycles. The average molecular weight is 413 g/mol. The molecule has 2 heterocycles. The van der Waals surface area contributed by atoms with E-state index in [0.29, 0.717) is 12.8 Å². The fourth-order valence-corrected chi connectivity index (χ4v) is 4.46. The number of nitrogens with one attached hydrogen (secondary N) is 1. The zero-order valence-electron chi connectivity index (χ0n) is 18.0. The lowest BCUT2D eigenvalue weighted by Crippen LogP contribution is -2.44. The Balaban J connectivity index is 1.43. The third-order valence-electron chi connectivity index (χ3n) is 5.63. The molecule has 0 unspecified atom stereocenters. The molecule has 1 aromatic carbocycles. The van der Waals surface area contributed by atoms with Gasteiger partial charge in [-0.05, 0) is 57.4 Å². The van der Waals surface area contributed by atoms with Crippen LogP contribution in [0.1, 0.15) is 47.3 Å². The third kappa shape index (κ3) is 6.28. The Kier molecular flexibility index (Phi) is 7.67. The summed E-state index contributed by atoms with van der Waals surface area (Å²) in [7, 11) is 0. The van der Waals surface area contributed by atoms with Gasteiger partial charge in [0, 0.05) is 43.5 Å². The highest BCUT2D eigenvalue weighted by atomic mass is 32.2. The highest BCUT2D eigenvalue weighted by Gasteiger charge is 2.21. The summed E-state index contributed by atoms with van der Waals surface area (Å²) in [5.41, 5.74) is 5.75. The number of aryl methyl sites for hydroxylation is 3. The van der Waals surface area contributed by atoms with E-state index < -0.39 is 0 Å². The van der Waals surface area contributed by atoms with Gasteiger partial charge in [-0.1, -0.05) is 41.6 Å². The molecule has 1 fully saturated rings.